The molecule has 5 heteroatoms. The first-order valence-electron chi connectivity index (χ1n) is 3.89. The molecule has 13 heavy (non-hydrogen) atoms. The first-order chi connectivity index (χ1) is 6.24. The molecule has 0 saturated carbocycles. The van der Waals surface area contributed by atoms with Crippen molar-refractivity contribution in [2.45, 2.75) is 6.61 Å². The highest BCUT2D eigenvalue weighted by Crippen LogP contribution is 2.22. The number of rotatable bonds is 1. The predicted octanol–water partition coefficient (Wildman–Crippen LogP) is 0.0428. The SMILES string of the molecule is Cn1cc(CO)c2c(N)ncnc21. The van der Waals surface area contributed by atoms with Crippen LogP contribution in [0.15, 0.2) is 12.5 Å². The highest BCUT2D eigenvalue weighted by molar-refractivity contribution is 5.89. The molecule has 0 amide bonds. The van der Waals surface area contributed by atoms with Crippen LogP contribution in [0.2, 0.25) is 0 Å². The third-order valence-corrected chi connectivity index (χ3v) is 2.03. The van der Waals surface area contributed by atoms with Crippen molar-refractivity contribution in [1.82, 2.24) is 14.5 Å². The van der Waals surface area contributed by atoms with Gasteiger partial charge in [-0.2, -0.15) is 0 Å². The Morgan fingerprint density at radius 2 is 2.31 bits per heavy atom. The Morgan fingerprint density at radius 1 is 1.54 bits per heavy atom. The second-order valence-corrected chi connectivity index (χ2v) is 2.88. The number of aliphatic hydroxyl groups is 1. The minimum absolute atomic E-state index is 0.0467. The minimum atomic E-state index is -0.0467. The summed E-state index contributed by atoms with van der Waals surface area (Å²) in [4.78, 5) is 7.94. The largest absolute Gasteiger partial charge is 0.392 e. The smallest absolute Gasteiger partial charge is 0.145 e. The predicted molar refractivity (Wildman–Crippen MR) is 48.8 cm³/mol. The van der Waals surface area contributed by atoms with Gasteiger partial charge < -0.3 is 15.4 Å². The van der Waals surface area contributed by atoms with Crippen molar-refractivity contribution in [3.8, 4) is 0 Å². The monoisotopic (exact) mass is 178 g/mol. The lowest BCUT2D eigenvalue weighted by molar-refractivity contribution is 0.283. The zero-order valence-electron chi connectivity index (χ0n) is 7.23. The van der Waals surface area contributed by atoms with E-state index in [4.69, 9.17) is 10.8 Å². The molecule has 2 heterocycles. The topological polar surface area (TPSA) is 77.0 Å². The van der Waals surface area contributed by atoms with Gasteiger partial charge >= 0.3 is 0 Å². The molecule has 2 aromatic heterocycles. The Hall–Kier alpha value is -1.62. The molecule has 0 aliphatic heterocycles. The van der Waals surface area contributed by atoms with Gasteiger partial charge in [-0.3, -0.25) is 0 Å². The van der Waals surface area contributed by atoms with E-state index in [1.54, 1.807) is 6.20 Å². The van der Waals surface area contributed by atoms with Crippen molar-refractivity contribution in [3.05, 3.63) is 18.1 Å². The normalized spacial score (nSPS) is 10.9. The highest BCUT2D eigenvalue weighted by Gasteiger charge is 2.09. The number of hydrogen-bond donors (Lipinski definition) is 2. The Balaban J connectivity index is 2.89. The van der Waals surface area contributed by atoms with E-state index >= 15 is 0 Å². The Bertz CT molecular complexity index is 449. The average Bonchev–Trinajstić information content (AvgIpc) is 2.45. The van der Waals surface area contributed by atoms with Gasteiger partial charge in [-0.25, -0.2) is 9.97 Å². The Morgan fingerprint density at radius 3 is 3.00 bits per heavy atom. The zero-order chi connectivity index (χ0) is 9.42. The number of aromatic nitrogens is 3. The Kier molecular flexibility index (Phi) is 1.66. The number of fused-ring (bicyclic) bond motifs is 1. The van der Waals surface area contributed by atoms with E-state index in [0.29, 0.717) is 5.82 Å². The maximum absolute atomic E-state index is 9.05. The molecule has 0 bridgehead atoms. The van der Waals surface area contributed by atoms with Gasteiger partial charge in [0.25, 0.3) is 0 Å². The number of hydrogen-bond acceptors (Lipinski definition) is 4. The molecule has 2 aromatic rings. The molecule has 3 N–H and O–H groups in total. The highest BCUT2D eigenvalue weighted by atomic mass is 16.3. The number of aryl methyl sites for hydroxylation is 1. The van der Waals surface area contributed by atoms with Gasteiger partial charge in [0.2, 0.25) is 0 Å². The summed E-state index contributed by atoms with van der Waals surface area (Å²) in [5.74, 6) is 0.412. The first kappa shape index (κ1) is 8.00. The standard InChI is InChI=1S/C8H10N4O/c1-12-2-5(3-13)6-7(9)10-4-11-8(6)12/h2,4,13H,3H2,1H3,(H2,9,10,11). The lowest BCUT2D eigenvalue weighted by Gasteiger charge is -1.96. The molecule has 0 aromatic carbocycles. The van der Waals surface area contributed by atoms with Crippen LogP contribution in [-0.2, 0) is 13.7 Å². The second-order valence-electron chi connectivity index (χ2n) is 2.88. The molecule has 0 fully saturated rings. The van der Waals surface area contributed by atoms with Gasteiger partial charge in [0.05, 0.1) is 12.0 Å². The van der Waals surface area contributed by atoms with Gasteiger partial charge in [0, 0.05) is 18.8 Å². The third kappa shape index (κ3) is 1.05. The summed E-state index contributed by atoms with van der Waals surface area (Å²) in [7, 11) is 1.86. The molecule has 68 valence electrons. The summed E-state index contributed by atoms with van der Waals surface area (Å²) in [5, 5.41) is 9.79. The fourth-order valence-corrected chi connectivity index (χ4v) is 1.44. The maximum atomic E-state index is 9.05. The molecule has 0 unspecified atom stereocenters. The molecular weight excluding hydrogens is 168 g/mol. The number of anilines is 1. The van der Waals surface area contributed by atoms with E-state index in [9.17, 15) is 0 Å². The summed E-state index contributed by atoms with van der Waals surface area (Å²) >= 11 is 0. The molecule has 0 saturated heterocycles. The molecule has 0 atom stereocenters. The molecule has 2 rings (SSSR count). The van der Waals surface area contributed by atoms with E-state index in [0.717, 1.165) is 16.6 Å². The first-order valence-corrected chi connectivity index (χ1v) is 3.89. The van der Waals surface area contributed by atoms with Crippen LogP contribution >= 0.6 is 0 Å². The molecule has 0 aliphatic rings. The van der Waals surface area contributed by atoms with Gasteiger partial charge in [-0.1, -0.05) is 0 Å². The fourth-order valence-electron chi connectivity index (χ4n) is 1.44. The second kappa shape index (κ2) is 2.70. The van der Waals surface area contributed by atoms with Crippen molar-refractivity contribution >= 4 is 16.9 Å². The summed E-state index contributed by atoms with van der Waals surface area (Å²) < 4.78 is 1.82. The van der Waals surface area contributed by atoms with Crippen LogP contribution in [0.1, 0.15) is 5.56 Å². The van der Waals surface area contributed by atoms with Gasteiger partial charge in [-0.05, 0) is 0 Å². The molecule has 5 nitrogen and oxygen atoms in total. The van der Waals surface area contributed by atoms with Crippen LogP contribution in [0, 0.1) is 0 Å². The van der Waals surface area contributed by atoms with Crippen molar-refractivity contribution in [3.63, 3.8) is 0 Å². The van der Waals surface area contributed by atoms with E-state index in [1.807, 2.05) is 11.6 Å². The zero-order valence-corrected chi connectivity index (χ0v) is 7.23. The van der Waals surface area contributed by atoms with Crippen LogP contribution < -0.4 is 5.73 Å². The minimum Gasteiger partial charge on any atom is -0.392 e. The fraction of sp³-hybridized carbons (Fsp3) is 0.250. The van der Waals surface area contributed by atoms with Crippen LogP contribution in [0.4, 0.5) is 5.82 Å². The van der Waals surface area contributed by atoms with Crippen LogP contribution in [0.25, 0.3) is 11.0 Å². The van der Waals surface area contributed by atoms with Crippen molar-refractivity contribution in [2.24, 2.45) is 7.05 Å². The lowest BCUT2D eigenvalue weighted by Crippen LogP contribution is -1.94. The summed E-state index contributed by atoms with van der Waals surface area (Å²) in [6, 6.07) is 0. The maximum Gasteiger partial charge on any atom is 0.145 e. The van der Waals surface area contributed by atoms with E-state index in [-0.39, 0.29) is 6.61 Å². The van der Waals surface area contributed by atoms with Gasteiger partial charge in [0.1, 0.15) is 17.8 Å². The molecule has 0 radical (unpaired) electrons. The molecular formula is C8H10N4O. The molecule has 0 spiro atoms. The number of nitrogens with zero attached hydrogens (tertiary/aromatic N) is 3. The van der Waals surface area contributed by atoms with Crippen LogP contribution in [0.3, 0.4) is 0 Å². The van der Waals surface area contributed by atoms with Crippen molar-refractivity contribution < 1.29 is 5.11 Å². The lowest BCUT2D eigenvalue weighted by atomic mass is 10.2. The number of nitrogen functional groups attached to an aromatic ring is 1. The summed E-state index contributed by atoms with van der Waals surface area (Å²) in [5.41, 5.74) is 7.18. The average molecular weight is 178 g/mol. The van der Waals surface area contributed by atoms with E-state index in [2.05, 4.69) is 9.97 Å². The summed E-state index contributed by atoms with van der Waals surface area (Å²) in [6.45, 7) is -0.0467. The van der Waals surface area contributed by atoms with Crippen molar-refractivity contribution in [2.75, 3.05) is 5.73 Å². The van der Waals surface area contributed by atoms with E-state index in [1.165, 1.54) is 6.33 Å². The van der Waals surface area contributed by atoms with Gasteiger partial charge in [-0.15, -0.1) is 0 Å². The summed E-state index contributed by atoms with van der Waals surface area (Å²) in [6.07, 6.45) is 3.22. The number of nitrogens with two attached hydrogens (primary N) is 1. The quantitative estimate of drug-likeness (QED) is 0.646. The van der Waals surface area contributed by atoms with Crippen molar-refractivity contribution in [1.29, 1.82) is 0 Å². The van der Waals surface area contributed by atoms with E-state index < -0.39 is 0 Å². The van der Waals surface area contributed by atoms with Crippen LogP contribution in [-0.4, -0.2) is 19.6 Å². The van der Waals surface area contributed by atoms with Crippen LogP contribution in [0.5, 0.6) is 0 Å². The molecule has 0 aliphatic carbocycles. The number of aliphatic hydroxyl groups excluding tert-OH is 1. The Labute approximate surface area is 74.8 Å². The third-order valence-electron chi connectivity index (χ3n) is 2.03. The van der Waals surface area contributed by atoms with Gasteiger partial charge in [0.15, 0.2) is 0 Å².